The van der Waals surface area contributed by atoms with Crippen LogP contribution in [0.1, 0.15) is 24.0 Å². The first-order valence-electron chi connectivity index (χ1n) is 7.48. The molecule has 0 atom stereocenters. The summed E-state index contributed by atoms with van der Waals surface area (Å²) in [6.07, 6.45) is 13.7. The van der Waals surface area contributed by atoms with Gasteiger partial charge >= 0.3 is 0 Å². The summed E-state index contributed by atoms with van der Waals surface area (Å²) in [4.78, 5) is 12.5. The number of hydrogen-bond acceptors (Lipinski definition) is 1. The molecule has 22 heavy (non-hydrogen) atoms. The Labute approximate surface area is 130 Å². The van der Waals surface area contributed by atoms with E-state index in [9.17, 15) is 4.79 Å². The molecule has 0 spiro atoms. The summed E-state index contributed by atoms with van der Waals surface area (Å²) in [5, 5.41) is 0. The van der Waals surface area contributed by atoms with Gasteiger partial charge in [0.1, 0.15) is 14.1 Å². The number of Topliss-reactive ketones (excluding diaryl/α,β-unsaturated/α-hetero) is 1. The van der Waals surface area contributed by atoms with Gasteiger partial charge in [-0.3, -0.25) is 4.79 Å². The second-order valence-electron chi connectivity index (χ2n) is 5.77. The van der Waals surface area contributed by atoms with Gasteiger partial charge in [-0.25, -0.2) is 9.13 Å². The van der Waals surface area contributed by atoms with Crippen LogP contribution in [-0.2, 0) is 18.9 Å². The number of carbonyl (C=O) groups is 1. The molecule has 1 fully saturated rings. The maximum absolute atomic E-state index is 12.5. The number of hydrogen-bond donors (Lipinski definition) is 0. The first-order chi connectivity index (χ1) is 10.6. The minimum atomic E-state index is 0.179. The van der Waals surface area contributed by atoms with Crippen molar-refractivity contribution in [1.29, 1.82) is 0 Å². The standard InChI is InChI=1S/C19H20N2O/c1-20-9-3-5-15(13-20)11-17-7-8-18(19(17)22)12-16-6-4-10-21(2)14-16/h3-6,9-14H,7-8H2,1-2H3/q+2/b17-11-,18-12-. The zero-order chi connectivity index (χ0) is 15.5. The van der Waals surface area contributed by atoms with Gasteiger partial charge in [0.05, 0.1) is 0 Å². The van der Waals surface area contributed by atoms with Crippen molar-refractivity contribution in [2.24, 2.45) is 14.1 Å². The van der Waals surface area contributed by atoms with Gasteiger partial charge in [-0.2, -0.15) is 0 Å². The largest absolute Gasteiger partial charge is 0.289 e. The van der Waals surface area contributed by atoms with Crippen molar-refractivity contribution in [3.63, 3.8) is 0 Å². The van der Waals surface area contributed by atoms with Crippen molar-refractivity contribution in [2.45, 2.75) is 12.8 Å². The predicted molar refractivity (Wildman–Crippen MR) is 85.4 cm³/mol. The van der Waals surface area contributed by atoms with E-state index in [-0.39, 0.29) is 5.78 Å². The van der Waals surface area contributed by atoms with Crippen molar-refractivity contribution in [3.05, 3.63) is 71.3 Å². The minimum Gasteiger partial charge on any atom is -0.289 e. The molecular formula is C19H20N2O+2. The Morgan fingerprint density at radius 3 is 1.73 bits per heavy atom. The average molecular weight is 292 g/mol. The molecule has 0 aliphatic heterocycles. The van der Waals surface area contributed by atoms with Gasteiger partial charge in [-0.15, -0.1) is 0 Å². The molecule has 110 valence electrons. The molecule has 3 rings (SSSR count). The third kappa shape index (κ3) is 3.19. The first-order valence-corrected chi connectivity index (χ1v) is 7.48. The molecule has 2 heterocycles. The van der Waals surface area contributed by atoms with Crippen LogP contribution in [0.4, 0.5) is 0 Å². The highest BCUT2D eigenvalue weighted by Gasteiger charge is 2.23. The second-order valence-corrected chi connectivity index (χ2v) is 5.77. The van der Waals surface area contributed by atoms with E-state index >= 15 is 0 Å². The third-order valence-electron chi connectivity index (χ3n) is 3.85. The number of pyridine rings is 2. The van der Waals surface area contributed by atoms with E-state index in [0.29, 0.717) is 0 Å². The van der Waals surface area contributed by atoms with Gasteiger partial charge in [0, 0.05) is 34.4 Å². The number of rotatable bonds is 2. The lowest BCUT2D eigenvalue weighted by molar-refractivity contribution is -0.671. The molecule has 0 N–H and O–H groups in total. The highest BCUT2D eigenvalue weighted by Crippen LogP contribution is 2.29. The van der Waals surface area contributed by atoms with Crippen LogP contribution >= 0.6 is 0 Å². The van der Waals surface area contributed by atoms with Gasteiger partial charge in [0.15, 0.2) is 30.6 Å². The van der Waals surface area contributed by atoms with Gasteiger partial charge in [-0.05, 0) is 37.1 Å². The van der Waals surface area contributed by atoms with Crippen molar-refractivity contribution >= 4 is 17.9 Å². The van der Waals surface area contributed by atoms with Crippen molar-refractivity contribution in [3.8, 4) is 0 Å². The molecule has 3 heteroatoms. The molecule has 0 amide bonds. The zero-order valence-electron chi connectivity index (χ0n) is 13.0. The zero-order valence-corrected chi connectivity index (χ0v) is 13.0. The average Bonchev–Trinajstić information content (AvgIpc) is 2.80. The summed E-state index contributed by atoms with van der Waals surface area (Å²) >= 11 is 0. The SMILES string of the molecule is C[n+]1cccc(/C=C2/CC/C(=C/c3ccc[n+](C)c3)C2=O)c1. The lowest BCUT2D eigenvalue weighted by Gasteiger charge is -1.96. The van der Waals surface area contributed by atoms with Crippen LogP contribution in [-0.4, -0.2) is 5.78 Å². The first kappa shape index (κ1) is 14.4. The van der Waals surface area contributed by atoms with E-state index in [1.807, 2.05) is 84.4 Å². The van der Waals surface area contributed by atoms with Crippen molar-refractivity contribution in [2.75, 3.05) is 0 Å². The molecule has 2 aromatic rings. The maximum Gasteiger partial charge on any atom is 0.185 e. The monoisotopic (exact) mass is 292 g/mol. The van der Waals surface area contributed by atoms with E-state index in [1.54, 1.807) is 0 Å². The lowest BCUT2D eigenvalue weighted by atomic mass is 10.1. The van der Waals surface area contributed by atoms with Crippen LogP contribution in [0.2, 0.25) is 0 Å². The molecule has 0 aromatic carbocycles. The molecule has 0 saturated heterocycles. The Morgan fingerprint density at radius 1 is 0.864 bits per heavy atom. The predicted octanol–water partition coefficient (Wildman–Crippen LogP) is 2.17. The summed E-state index contributed by atoms with van der Waals surface area (Å²) in [6.45, 7) is 0. The summed E-state index contributed by atoms with van der Waals surface area (Å²) < 4.78 is 3.99. The highest BCUT2D eigenvalue weighted by atomic mass is 16.1. The Balaban J connectivity index is 1.86. The normalized spacial score (nSPS) is 18.4. The molecule has 3 nitrogen and oxygen atoms in total. The van der Waals surface area contributed by atoms with E-state index in [4.69, 9.17) is 0 Å². The van der Waals surface area contributed by atoms with Gasteiger partial charge in [0.2, 0.25) is 0 Å². The van der Waals surface area contributed by atoms with E-state index in [1.165, 1.54) is 0 Å². The minimum absolute atomic E-state index is 0.179. The molecule has 0 bridgehead atoms. The van der Waals surface area contributed by atoms with Crippen LogP contribution in [0.15, 0.2) is 60.2 Å². The summed E-state index contributed by atoms with van der Waals surface area (Å²) in [6, 6.07) is 8.04. The van der Waals surface area contributed by atoms with E-state index in [2.05, 4.69) is 0 Å². The van der Waals surface area contributed by atoms with Gasteiger partial charge in [-0.1, -0.05) is 0 Å². The summed E-state index contributed by atoms with van der Waals surface area (Å²) in [5.74, 6) is 0.179. The molecule has 1 aliphatic carbocycles. The molecular weight excluding hydrogens is 272 g/mol. The molecule has 1 saturated carbocycles. The fourth-order valence-electron chi connectivity index (χ4n) is 2.77. The molecule has 0 unspecified atom stereocenters. The van der Waals surface area contributed by atoms with Crippen LogP contribution in [0, 0.1) is 0 Å². The Bertz CT molecular complexity index is 722. The van der Waals surface area contributed by atoms with Crippen molar-refractivity contribution < 1.29 is 13.9 Å². The van der Waals surface area contributed by atoms with E-state index < -0.39 is 0 Å². The number of ketones is 1. The van der Waals surface area contributed by atoms with Crippen LogP contribution in [0.25, 0.3) is 12.2 Å². The summed E-state index contributed by atoms with van der Waals surface area (Å²) in [7, 11) is 3.97. The highest BCUT2D eigenvalue weighted by molar-refractivity contribution is 6.15. The van der Waals surface area contributed by atoms with Crippen molar-refractivity contribution in [1.82, 2.24) is 0 Å². The fourth-order valence-corrected chi connectivity index (χ4v) is 2.77. The Morgan fingerprint density at radius 2 is 1.32 bits per heavy atom. The topological polar surface area (TPSA) is 24.8 Å². The quantitative estimate of drug-likeness (QED) is 0.615. The molecule has 0 radical (unpaired) electrons. The van der Waals surface area contributed by atoms with Crippen LogP contribution in [0.5, 0.6) is 0 Å². The third-order valence-corrected chi connectivity index (χ3v) is 3.85. The van der Waals surface area contributed by atoms with Gasteiger partial charge in [0.25, 0.3) is 0 Å². The Kier molecular flexibility index (Phi) is 3.96. The number of nitrogens with zero attached hydrogens (tertiary/aromatic N) is 2. The maximum atomic E-state index is 12.5. The van der Waals surface area contributed by atoms with Crippen LogP contribution < -0.4 is 9.13 Å². The Hall–Kier alpha value is -2.55. The second kappa shape index (κ2) is 6.06. The van der Waals surface area contributed by atoms with Crippen LogP contribution in [0.3, 0.4) is 0 Å². The number of allylic oxidation sites excluding steroid dienone is 2. The number of aryl methyl sites for hydroxylation is 2. The molecule has 1 aliphatic rings. The number of aromatic nitrogens is 2. The lowest BCUT2D eigenvalue weighted by Crippen LogP contribution is -2.26. The van der Waals surface area contributed by atoms with Gasteiger partial charge < -0.3 is 0 Å². The van der Waals surface area contributed by atoms with E-state index in [0.717, 1.165) is 35.1 Å². The molecule has 2 aromatic heterocycles. The smallest absolute Gasteiger partial charge is 0.185 e. The fraction of sp³-hybridized carbons (Fsp3) is 0.211. The summed E-state index contributed by atoms with van der Waals surface area (Å²) in [5.41, 5.74) is 3.94. The number of carbonyl (C=O) groups excluding carboxylic acids is 1.